The Kier molecular flexibility index (Phi) is 7.76. The summed E-state index contributed by atoms with van der Waals surface area (Å²) in [6.07, 6.45) is -0.150. The van der Waals surface area contributed by atoms with Crippen LogP contribution in [0.4, 0.5) is 26.3 Å². The minimum atomic E-state index is -4.76. The fraction of sp³-hybridized carbons (Fsp3) is 0.276. The van der Waals surface area contributed by atoms with Crippen molar-refractivity contribution in [1.29, 1.82) is 0 Å². The summed E-state index contributed by atoms with van der Waals surface area (Å²) in [5.41, 5.74) is 1.14. The number of allylic oxidation sites excluding steroid dienone is 1. The van der Waals surface area contributed by atoms with E-state index in [-0.39, 0.29) is 12.2 Å². The van der Waals surface area contributed by atoms with Gasteiger partial charge in [-0.2, -0.15) is 13.2 Å². The first-order valence-electron chi connectivity index (χ1n) is 11.9. The fourth-order valence-corrected chi connectivity index (χ4v) is 4.52. The molecule has 1 saturated carbocycles. The third-order valence-electron chi connectivity index (χ3n) is 6.62. The van der Waals surface area contributed by atoms with Crippen molar-refractivity contribution in [3.63, 3.8) is 0 Å². The van der Waals surface area contributed by atoms with Gasteiger partial charge >= 0.3 is 12.1 Å². The van der Waals surface area contributed by atoms with Crippen molar-refractivity contribution in [3.8, 4) is 16.9 Å². The maximum Gasteiger partial charge on any atom is 0.409 e. The summed E-state index contributed by atoms with van der Waals surface area (Å²) < 4.78 is 84.7. The summed E-state index contributed by atoms with van der Waals surface area (Å²) in [4.78, 5) is 12.4. The van der Waals surface area contributed by atoms with Crippen LogP contribution in [-0.2, 0) is 0 Å². The minimum Gasteiger partial charge on any atom is -0.423 e. The van der Waals surface area contributed by atoms with Crippen molar-refractivity contribution in [2.75, 3.05) is 0 Å². The molecule has 3 aromatic carbocycles. The van der Waals surface area contributed by atoms with Crippen molar-refractivity contribution in [2.45, 2.75) is 44.7 Å². The third-order valence-corrected chi connectivity index (χ3v) is 6.62. The Morgan fingerprint density at radius 2 is 1.43 bits per heavy atom. The number of ether oxygens (including phenoxy) is 1. The smallest absolute Gasteiger partial charge is 0.409 e. The molecular weight excluding hydrogens is 494 g/mol. The molecule has 3 aromatic rings. The van der Waals surface area contributed by atoms with Crippen LogP contribution in [0.5, 0.6) is 5.75 Å². The van der Waals surface area contributed by atoms with Gasteiger partial charge in [-0.1, -0.05) is 50.1 Å². The Balaban J connectivity index is 1.47. The summed E-state index contributed by atoms with van der Waals surface area (Å²) in [5, 5.41) is 0. The van der Waals surface area contributed by atoms with E-state index in [1.807, 2.05) is 24.3 Å². The molecule has 0 bridgehead atoms. The Bertz CT molecular complexity index is 1280. The second-order valence-corrected chi connectivity index (χ2v) is 9.34. The molecule has 0 aromatic heterocycles. The SMILES string of the molecule is CC1CCC(c2ccc(-c3ccc(C(=O)Oc4cc(F)c(/C=C/C(F)(F)F)c(F)c4)c(F)c3)cc2)CC1. The number of rotatable bonds is 5. The fourth-order valence-electron chi connectivity index (χ4n) is 4.52. The minimum absolute atomic E-state index is 0.233. The normalized spacial score (nSPS) is 18.2. The van der Waals surface area contributed by atoms with Crippen molar-refractivity contribution in [3.05, 3.63) is 94.8 Å². The lowest BCUT2D eigenvalue weighted by Gasteiger charge is -2.26. The van der Waals surface area contributed by atoms with E-state index < -0.39 is 46.5 Å². The Morgan fingerprint density at radius 3 is 2.00 bits per heavy atom. The molecule has 1 aliphatic rings. The molecule has 4 rings (SSSR count). The summed E-state index contributed by atoms with van der Waals surface area (Å²) in [7, 11) is 0. The van der Waals surface area contributed by atoms with Crippen molar-refractivity contribution in [2.24, 2.45) is 5.92 Å². The zero-order valence-corrected chi connectivity index (χ0v) is 19.9. The van der Waals surface area contributed by atoms with Crippen LogP contribution in [0.2, 0.25) is 0 Å². The van der Waals surface area contributed by atoms with E-state index in [4.69, 9.17) is 4.74 Å². The lowest BCUT2D eigenvalue weighted by atomic mass is 9.79. The summed E-state index contributed by atoms with van der Waals surface area (Å²) in [6, 6.07) is 12.9. The highest BCUT2D eigenvalue weighted by Gasteiger charge is 2.24. The Hall–Kier alpha value is -3.55. The quantitative estimate of drug-likeness (QED) is 0.192. The van der Waals surface area contributed by atoms with Gasteiger partial charge in [-0.3, -0.25) is 0 Å². The van der Waals surface area contributed by atoms with Gasteiger partial charge < -0.3 is 4.74 Å². The first-order valence-corrected chi connectivity index (χ1v) is 11.9. The molecule has 0 radical (unpaired) electrons. The van der Waals surface area contributed by atoms with Crippen LogP contribution in [0.3, 0.4) is 0 Å². The number of carbonyl (C=O) groups is 1. The van der Waals surface area contributed by atoms with Gasteiger partial charge in [0.05, 0.1) is 5.56 Å². The molecule has 0 unspecified atom stereocenters. The van der Waals surface area contributed by atoms with Crippen LogP contribution < -0.4 is 4.74 Å². The van der Waals surface area contributed by atoms with Crippen LogP contribution in [0.1, 0.15) is 60.0 Å². The molecule has 8 heteroatoms. The Morgan fingerprint density at radius 1 is 0.838 bits per heavy atom. The van der Waals surface area contributed by atoms with Crippen LogP contribution >= 0.6 is 0 Å². The molecule has 0 aliphatic heterocycles. The number of benzene rings is 3. The molecule has 0 N–H and O–H groups in total. The first kappa shape index (κ1) is 26.5. The number of esters is 1. The van der Waals surface area contributed by atoms with E-state index in [0.29, 0.717) is 23.6 Å². The van der Waals surface area contributed by atoms with Crippen LogP contribution in [-0.4, -0.2) is 12.1 Å². The highest BCUT2D eigenvalue weighted by atomic mass is 19.4. The van der Waals surface area contributed by atoms with Crippen LogP contribution in [0.25, 0.3) is 17.2 Å². The first-order chi connectivity index (χ1) is 17.5. The standard InChI is InChI=1S/C29H24F6O2/c1-17-2-4-18(5-3-17)19-6-8-20(9-7-19)21-10-11-24(25(30)14-21)28(36)37-22-15-26(31)23(27(32)16-22)12-13-29(33,34)35/h6-18H,2-5H2,1H3/b13-12+. The average Bonchev–Trinajstić information content (AvgIpc) is 2.83. The molecule has 0 spiro atoms. The van der Waals surface area contributed by atoms with Gasteiger partial charge in [0.25, 0.3) is 0 Å². The van der Waals surface area contributed by atoms with Gasteiger partial charge in [0.2, 0.25) is 0 Å². The van der Waals surface area contributed by atoms with Gasteiger partial charge in [-0.25, -0.2) is 18.0 Å². The van der Waals surface area contributed by atoms with E-state index >= 15 is 0 Å². The zero-order chi connectivity index (χ0) is 26.7. The molecule has 0 heterocycles. The highest BCUT2D eigenvalue weighted by Crippen LogP contribution is 2.36. The largest absolute Gasteiger partial charge is 0.423 e. The van der Waals surface area contributed by atoms with Crippen molar-refractivity contribution < 1.29 is 35.9 Å². The molecular formula is C29H24F6O2. The molecule has 194 valence electrons. The molecule has 2 nitrogen and oxygen atoms in total. The van der Waals surface area contributed by atoms with Crippen molar-refractivity contribution >= 4 is 12.0 Å². The van der Waals surface area contributed by atoms with E-state index in [0.717, 1.165) is 24.3 Å². The lowest BCUT2D eigenvalue weighted by Crippen LogP contribution is -2.11. The van der Waals surface area contributed by atoms with Crippen LogP contribution in [0.15, 0.2) is 60.7 Å². The van der Waals surface area contributed by atoms with Gasteiger partial charge in [0.1, 0.15) is 23.2 Å². The zero-order valence-electron chi connectivity index (χ0n) is 19.9. The van der Waals surface area contributed by atoms with Gasteiger partial charge in [0, 0.05) is 23.8 Å². The molecule has 1 fully saturated rings. The maximum atomic E-state index is 14.8. The van der Waals surface area contributed by atoms with Gasteiger partial charge in [0.15, 0.2) is 0 Å². The average molecular weight is 518 g/mol. The van der Waals surface area contributed by atoms with E-state index in [9.17, 15) is 31.1 Å². The monoisotopic (exact) mass is 518 g/mol. The third kappa shape index (κ3) is 6.61. The molecule has 0 atom stereocenters. The van der Waals surface area contributed by atoms with Gasteiger partial charge in [-0.15, -0.1) is 0 Å². The highest BCUT2D eigenvalue weighted by molar-refractivity contribution is 5.92. The molecule has 0 amide bonds. The predicted octanol–water partition coefficient (Wildman–Crippen LogP) is 8.86. The number of hydrogen-bond donors (Lipinski definition) is 0. The van der Waals surface area contributed by atoms with E-state index in [1.54, 1.807) is 0 Å². The van der Waals surface area contributed by atoms with Gasteiger partial charge in [-0.05, 0) is 59.6 Å². The number of hydrogen-bond acceptors (Lipinski definition) is 2. The summed E-state index contributed by atoms with van der Waals surface area (Å²) >= 11 is 0. The predicted molar refractivity (Wildman–Crippen MR) is 129 cm³/mol. The topological polar surface area (TPSA) is 26.3 Å². The summed E-state index contributed by atoms with van der Waals surface area (Å²) in [6.45, 7) is 2.26. The molecule has 0 saturated heterocycles. The second kappa shape index (κ2) is 10.8. The van der Waals surface area contributed by atoms with Crippen molar-refractivity contribution in [1.82, 2.24) is 0 Å². The van der Waals surface area contributed by atoms with Crippen LogP contribution in [0, 0.1) is 23.4 Å². The second-order valence-electron chi connectivity index (χ2n) is 9.34. The lowest BCUT2D eigenvalue weighted by molar-refractivity contribution is -0.0790. The Labute approximate surface area is 210 Å². The maximum absolute atomic E-state index is 14.8. The van der Waals surface area contributed by atoms with E-state index in [1.165, 1.54) is 36.6 Å². The number of carbonyl (C=O) groups excluding carboxylic acids is 1. The van der Waals surface area contributed by atoms with E-state index in [2.05, 4.69) is 6.92 Å². The number of alkyl halides is 3. The molecule has 1 aliphatic carbocycles. The number of halogens is 6. The molecule has 37 heavy (non-hydrogen) atoms. The summed E-state index contributed by atoms with van der Waals surface area (Å²) in [5.74, 6) is -4.18.